The number of benzene rings is 1. The highest BCUT2D eigenvalue weighted by Crippen LogP contribution is 2.20. The summed E-state index contributed by atoms with van der Waals surface area (Å²) in [6, 6.07) is 5.52. The van der Waals surface area contributed by atoms with Gasteiger partial charge in [0.1, 0.15) is 12.0 Å². The first-order valence-corrected chi connectivity index (χ1v) is 10.4. The van der Waals surface area contributed by atoms with Gasteiger partial charge >= 0.3 is 5.69 Å². The first-order valence-electron chi connectivity index (χ1n) is 10.4. The van der Waals surface area contributed by atoms with E-state index in [0.29, 0.717) is 28.8 Å². The van der Waals surface area contributed by atoms with Crippen LogP contribution in [0.5, 0.6) is 0 Å². The van der Waals surface area contributed by atoms with Crippen LogP contribution in [0.2, 0.25) is 0 Å². The molecule has 1 saturated heterocycles. The highest BCUT2D eigenvalue weighted by atomic mass is 19.2. The van der Waals surface area contributed by atoms with Crippen LogP contribution in [0.1, 0.15) is 25.0 Å². The van der Waals surface area contributed by atoms with E-state index < -0.39 is 17.3 Å². The summed E-state index contributed by atoms with van der Waals surface area (Å²) in [6.45, 7) is 6.45. The Labute approximate surface area is 182 Å². The van der Waals surface area contributed by atoms with Gasteiger partial charge in [0.25, 0.3) is 0 Å². The first kappa shape index (κ1) is 20.7. The highest BCUT2D eigenvalue weighted by molar-refractivity contribution is 5.89. The number of nitrogens with zero attached hydrogens (tertiary/aromatic N) is 6. The van der Waals surface area contributed by atoms with E-state index in [1.807, 2.05) is 6.07 Å². The van der Waals surface area contributed by atoms with Crippen molar-refractivity contribution in [1.82, 2.24) is 29.0 Å². The summed E-state index contributed by atoms with van der Waals surface area (Å²) < 4.78 is 35.4. The summed E-state index contributed by atoms with van der Waals surface area (Å²) in [5.74, 6) is -1.90. The number of fused-ring (bicyclic) bond motifs is 3. The monoisotopic (exact) mass is 440 g/mol. The maximum Gasteiger partial charge on any atom is 0.352 e. The van der Waals surface area contributed by atoms with Crippen LogP contribution in [-0.2, 0) is 17.8 Å². The highest BCUT2D eigenvalue weighted by Gasteiger charge is 2.23. The maximum atomic E-state index is 13.7. The molecule has 5 rings (SSSR count). The summed E-state index contributed by atoms with van der Waals surface area (Å²) in [4.78, 5) is 24.1. The molecule has 0 aliphatic carbocycles. The summed E-state index contributed by atoms with van der Waals surface area (Å²) in [7, 11) is 0. The molecule has 8 nitrogen and oxygen atoms in total. The second kappa shape index (κ2) is 8.03. The number of rotatable bonds is 4. The van der Waals surface area contributed by atoms with Gasteiger partial charge in [-0.15, -0.1) is 0 Å². The molecule has 1 aliphatic rings. The minimum atomic E-state index is -0.967. The molecule has 0 amide bonds. The van der Waals surface area contributed by atoms with Gasteiger partial charge in [0, 0.05) is 25.8 Å². The molecule has 32 heavy (non-hydrogen) atoms. The standard InChI is InChI=1S/C22H22F2N6O2/c1-13-8-28(9-14(2)32-13)10-16-5-17-20(25-7-16)29(22(31)30-21(17)26-12-27-30)11-15-3-4-18(23)19(24)6-15/h3-7,12-14H,8-11H2,1-2H3. The Balaban J connectivity index is 1.57. The lowest BCUT2D eigenvalue weighted by Gasteiger charge is -2.35. The third kappa shape index (κ3) is 3.76. The zero-order valence-corrected chi connectivity index (χ0v) is 17.7. The number of hydrogen-bond donors (Lipinski definition) is 0. The smallest absolute Gasteiger partial charge is 0.352 e. The third-order valence-corrected chi connectivity index (χ3v) is 5.61. The van der Waals surface area contributed by atoms with Crippen molar-refractivity contribution in [3.8, 4) is 0 Å². The van der Waals surface area contributed by atoms with Crippen LogP contribution in [0, 0.1) is 11.6 Å². The molecule has 4 aromatic rings. The van der Waals surface area contributed by atoms with Crippen molar-refractivity contribution in [2.24, 2.45) is 0 Å². The number of halogens is 2. The molecule has 0 bridgehead atoms. The van der Waals surface area contributed by atoms with Crippen LogP contribution in [0.15, 0.2) is 41.6 Å². The maximum absolute atomic E-state index is 13.7. The zero-order valence-electron chi connectivity index (χ0n) is 17.7. The Morgan fingerprint density at radius 3 is 2.53 bits per heavy atom. The summed E-state index contributed by atoms with van der Waals surface area (Å²) >= 11 is 0. The van der Waals surface area contributed by atoms with Crippen LogP contribution in [-0.4, -0.2) is 54.3 Å². The molecule has 0 spiro atoms. The molecule has 0 saturated carbocycles. The molecular weight excluding hydrogens is 418 g/mol. The molecule has 1 fully saturated rings. The molecule has 4 heterocycles. The molecule has 3 aromatic heterocycles. The predicted octanol–water partition coefficient (Wildman–Crippen LogP) is 2.37. The van der Waals surface area contributed by atoms with Crippen molar-refractivity contribution in [3.05, 3.63) is 70.0 Å². The number of ether oxygens (including phenoxy) is 1. The second-order valence-electron chi connectivity index (χ2n) is 8.28. The lowest BCUT2D eigenvalue weighted by molar-refractivity contribution is -0.0705. The largest absolute Gasteiger partial charge is 0.373 e. The molecule has 1 aromatic carbocycles. The lowest BCUT2D eigenvalue weighted by atomic mass is 10.1. The fourth-order valence-electron chi connectivity index (χ4n) is 4.37. The summed E-state index contributed by atoms with van der Waals surface area (Å²) in [5, 5.41) is 4.71. The van der Waals surface area contributed by atoms with Crippen molar-refractivity contribution >= 4 is 16.7 Å². The second-order valence-corrected chi connectivity index (χ2v) is 8.28. The van der Waals surface area contributed by atoms with Gasteiger partial charge < -0.3 is 4.74 Å². The van der Waals surface area contributed by atoms with Gasteiger partial charge in [-0.3, -0.25) is 9.47 Å². The average Bonchev–Trinajstić information content (AvgIpc) is 3.23. The molecule has 166 valence electrons. The molecular formula is C22H22F2N6O2. The van der Waals surface area contributed by atoms with Crippen molar-refractivity contribution in [1.29, 1.82) is 0 Å². The van der Waals surface area contributed by atoms with Gasteiger partial charge in [-0.25, -0.2) is 23.5 Å². The van der Waals surface area contributed by atoms with E-state index in [9.17, 15) is 13.6 Å². The Kier molecular flexibility index (Phi) is 5.18. The number of hydrogen-bond acceptors (Lipinski definition) is 6. The van der Waals surface area contributed by atoms with E-state index in [0.717, 1.165) is 30.8 Å². The van der Waals surface area contributed by atoms with Gasteiger partial charge in [0.05, 0.1) is 24.1 Å². The molecule has 2 unspecified atom stereocenters. The molecule has 10 heteroatoms. The fraction of sp³-hybridized carbons (Fsp3) is 0.364. The lowest BCUT2D eigenvalue weighted by Crippen LogP contribution is -2.44. The Morgan fingerprint density at radius 2 is 1.78 bits per heavy atom. The van der Waals surface area contributed by atoms with E-state index in [2.05, 4.69) is 33.8 Å². The molecule has 2 atom stereocenters. The molecule has 0 radical (unpaired) electrons. The van der Waals surface area contributed by atoms with Crippen LogP contribution >= 0.6 is 0 Å². The van der Waals surface area contributed by atoms with Crippen LogP contribution < -0.4 is 5.69 Å². The van der Waals surface area contributed by atoms with Gasteiger partial charge in [-0.1, -0.05) is 6.07 Å². The molecule has 1 aliphatic heterocycles. The SMILES string of the molecule is CC1CN(Cc2cnc3c(c2)c2ncnn2c(=O)n3Cc2ccc(F)c(F)c2)CC(C)O1. The van der Waals surface area contributed by atoms with E-state index in [1.165, 1.54) is 21.5 Å². The van der Waals surface area contributed by atoms with Crippen LogP contribution in [0.25, 0.3) is 16.7 Å². The topological polar surface area (TPSA) is 77.6 Å². The minimum Gasteiger partial charge on any atom is -0.373 e. The quantitative estimate of drug-likeness (QED) is 0.485. The van der Waals surface area contributed by atoms with Gasteiger partial charge in [-0.2, -0.15) is 9.61 Å². The number of pyridine rings is 1. The Hall–Kier alpha value is -3.24. The fourth-order valence-corrected chi connectivity index (χ4v) is 4.37. The normalized spacial score (nSPS) is 19.8. The van der Waals surface area contributed by atoms with Crippen LogP contribution in [0.4, 0.5) is 8.78 Å². The first-order chi connectivity index (χ1) is 15.4. The van der Waals surface area contributed by atoms with Crippen LogP contribution in [0.3, 0.4) is 0 Å². The zero-order chi connectivity index (χ0) is 22.4. The summed E-state index contributed by atoms with van der Waals surface area (Å²) in [5.41, 5.74) is 1.78. The van der Waals surface area contributed by atoms with Crippen molar-refractivity contribution < 1.29 is 13.5 Å². The molecule has 0 N–H and O–H groups in total. The van der Waals surface area contributed by atoms with Crippen molar-refractivity contribution in [2.45, 2.75) is 39.1 Å². The van der Waals surface area contributed by atoms with Crippen molar-refractivity contribution in [2.75, 3.05) is 13.1 Å². The average molecular weight is 440 g/mol. The minimum absolute atomic E-state index is 0.0210. The van der Waals surface area contributed by atoms with Gasteiger partial charge in [-0.05, 0) is 43.2 Å². The Bertz CT molecular complexity index is 1360. The van der Waals surface area contributed by atoms with Crippen molar-refractivity contribution in [3.63, 3.8) is 0 Å². The van der Waals surface area contributed by atoms with Gasteiger partial charge in [0.15, 0.2) is 17.3 Å². The number of morpholine rings is 1. The van der Waals surface area contributed by atoms with E-state index in [-0.39, 0.29) is 18.8 Å². The van der Waals surface area contributed by atoms with Gasteiger partial charge in [0.2, 0.25) is 0 Å². The van der Waals surface area contributed by atoms with E-state index >= 15 is 0 Å². The number of aromatic nitrogens is 5. The third-order valence-electron chi connectivity index (χ3n) is 5.61. The predicted molar refractivity (Wildman–Crippen MR) is 113 cm³/mol. The van der Waals surface area contributed by atoms with E-state index in [4.69, 9.17) is 4.74 Å². The Morgan fingerprint density at radius 1 is 1.00 bits per heavy atom. The summed E-state index contributed by atoms with van der Waals surface area (Å²) in [6.07, 6.45) is 3.35. The van der Waals surface area contributed by atoms with E-state index in [1.54, 1.807) is 6.20 Å².